The van der Waals surface area contributed by atoms with E-state index in [1.54, 1.807) is 13.0 Å². The number of rotatable bonds is 1. The standard InChI is InChI=1S/C10H14O2/c1-6-4-9(8(3)11)10(12)5-7(6)2/h4-5,8,11-12H,1-3H3/t8-/m0/s1. The second kappa shape index (κ2) is 3.15. The van der Waals surface area contributed by atoms with Crippen LogP contribution in [0.25, 0.3) is 0 Å². The van der Waals surface area contributed by atoms with Crippen molar-refractivity contribution in [1.29, 1.82) is 0 Å². The number of aryl methyl sites for hydroxylation is 2. The average molecular weight is 166 g/mol. The van der Waals surface area contributed by atoms with Crippen molar-refractivity contribution in [1.82, 2.24) is 0 Å². The summed E-state index contributed by atoms with van der Waals surface area (Å²) in [5.74, 6) is 0.174. The number of hydrogen-bond donors (Lipinski definition) is 2. The molecule has 2 heteroatoms. The molecule has 1 aromatic rings. The van der Waals surface area contributed by atoms with E-state index >= 15 is 0 Å². The summed E-state index contributed by atoms with van der Waals surface area (Å²) in [6.07, 6.45) is -0.607. The van der Waals surface area contributed by atoms with Gasteiger partial charge in [-0.1, -0.05) is 0 Å². The van der Waals surface area contributed by atoms with Crippen molar-refractivity contribution < 1.29 is 10.2 Å². The third kappa shape index (κ3) is 1.59. The first kappa shape index (κ1) is 9.07. The number of aliphatic hydroxyl groups excluding tert-OH is 1. The predicted octanol–water partition coefficient (Wildman–Crippen LogP) is 2.06. The third-order valence-corrected chi connectivity index (χ3v) is 2.09. The minimum Gasteiger partial charge on any atom is -0.508 e. The van der Waals surface area contributed by atoms with Gasteiger partial charge in [0, 0.05) is 5.56 Å². The topological polar surface area (TPSA) is 40.5 Å². The van der Waals surface area contributed by atoms with Crippen LogP contribution in [0.2, 0.25) is 0 Å². The Kier molecular flexibility index (Phi) is 2.38. The fourth-order valence-corrected chi connectivity index (χ4v) is 1.16. The van der Waals surface area contributed by atoms with Gasteiger partial charge >= 0.3 is 0 Å². The molecule has 0 fully saturated rings. The molecule has 1 rings (SSSR count). The molecule has 1 aromatic carbocycles. The molecule has 0 aliphatic rings. The lowest BCUT2D eigenvalue weighted by Crippen LogP contribution is -1.93. The molecule has 0 heterocycles. The third-order valence-electron chi connectivity index (χ3n) is 2.09. The first-order valence-electron chi connectivity index (χ1n) is 4.00. The molecule has 12 heavy (non-hydrogen) atoms. The molecule has 1 atom stereocenters. The molecule has 0 spiro atoms. The van der Waals surface area contributed by atoms with E-state index in [1.807, 2.05) is 19.9 Å². The van der Waals surface area contributed by atoms with Crippen LogP contribution in [0.1, 0.15) is 29.7 Å². The molecule has 0 unspecified atom stereocenters. The van der Waals surface area contributed by atoms with E-state index in [2.05, 4.69) is 0 Å². The highest BCUT2D eigenvalue weighted by atomic mass is 16.3. The highest BCUT2D eigenvalue weighted by Gasteiger charge is 2.08. The van der Waals surface area contributed by atoms with Crippen LogP contribution < -0.4 is 0 Å². The number of phenols is 1. The van der Waals surface area contributed by atoms with Gasteiger partial charge in [0.15, 0.2) is 0 Å². The molecular formula is C10H14O2. The number of phenolic OH excluding ortho intramolecular Hbond substituents is 1. The van der Waals surface area contributed by atoms with E-state index < -0.39 is 6.10 Å². The molecule has 2 nitrogen and oxygen atoms in total. The van der Waals surface area contributed by atoms with Crippen LogP contribution in [0.15, 0.2) is 12.1 Å². The van der Waals surface area contributed by atoms with E-state index in [0.29, 0.717) is 5.56 Å². The lowest BCUT2D eigenvalue weighted by molar-refractivity contribution is 0.195. The first-order valence-corrected chi connectivity index (χ1v) is 4.00. The molecule has 0 bridgehead atoms. The van der Waals surface area contributed by atoms with Crippen molar-refractivity contribution in [3.05, 3.63) is 28.8 Å². The molecule has 66 valence electrons. The average Bonchev–Trinajstić information content (AvgIpc) is 1.96. The lowest BCUT2D eigenvalue weighted by atomic mass is 10.0. The van der Waals surface area contributed by atoms with Gasteiger partial charge in [-0.15, -0.1) is 0 Å². The highest BCUT2D eigenvalue weighted by molar-refractivity contribution is 5.41. The summed E-state index contributed by atoms with van der Waals surface area (Å²) < 4.78 is 0. The number of aromatic hydroxyl groups is 1. The van der Waals surface area contributed by atoms with Gasteiger partial charge in [0.05, 0.1) is 6.10 Å². The Labute approximate surface area is 72.5 Å². The van der Waals surface area contributed by atoms with Crippen LogP contribution in [0.5, 0.6) is 5.75 Å². The zero-order valence-electron chi connectivity index (χ0n) is 7.63. The predicted molar refractivity (Wildman–Crippen MR) is 48.2 cm³/mol. The summed E-state index contributed by atoms with van der Waals surface area (Å²) in [6, 6.07) is 3.49. The monoisotopic (exact) mass is 166 g/mol. The van der Waals surface area contributed by atoms with E-state index in [9.17, 15) is 10.2 Å². The van der Waals surface area contributed by atoms with Gasteiger partial charge in [-0.3, -0.25) is 0 Å². The molecule has 0 aliphatic carbocycles. The van der Waals surface area contributed by atoms with Crippen LogP contribution in [0.3, 0.4) is 0 Å². The van der Waals surface area contributed by atoms with Crippen LogP contribution in [0.4, 0.5) is 0 Å². The summed E-state index contributed by atoms with van der Waals surface area (Å²) in [4.78, 5) is 0. The minimum atomic E-state index is -0.607. The highest BCUT2D eigenvalue weighted by Crippen LogP contribution is 2.26. The number of aliphatic hydroxyl groups is 1. The summed E-state index contributed by atoms with van der Waals surface area (Å²) in [7, 11) is 0. The molecule has 0 aliphatic heterocycles. The van der Waals surface area contributed by atoms with Gasteiger partial charge in [0.2, 0.25) is 0 Å². The van der Waals surface area contributed by atoms with E-state index in [0.717, 1.165) is 11.1 Å². The molecule has 0 amide bonds. The van der Waals surface area contributed by atoms with Gasteiger partial charge < -0.3 is 10.2 Å². The second-order valence-electron chi connectivity index (χ2n) is 3.17. The summed E-state index contributed by atoms with van der Waals surface area (Å²) in [5, 5.41) is 18.7. The van der Waals surface area contributed by atoms with Crippen molar-refractivity contribution in [2.45, 2.75) is 26.9 Å². The van der Waals surface area contributed by atoms with E-state index in [4.69, 9.17) is 0 Å². The zero-order valence-corrected chi connectivity index (χ0v) is 7.63. The maximum absolute atomic E-state index is 9.43. The zero-order chi connectivity index (χ0) is 9.30. The number of hydrogen-bond acceptors (Lipinski definition) is 2. The quantitative estimate of drug-likeness (QED) is 0.670. The number of benzene rings is 1. The molecule has 0 aromatic heterocycles. The van der Waals surface area contributed by atoms with Crippen molar-refractivity contribution in [3.63, 3.8) is 0 Å². The maximum atomic E-state index is 9.43. The van der Waals surface area contributed by atoms with Crippen molar-refractivity contribution in [2.75, 3.05) is 0 Å². The second-order valence-corrected chi connectivity index (χ2v) is 3.17. The Morgan fingerprint density at radius 3 is 2.17 bits per heavy atom. The van der Waals surface area contributed by atoms with Crippen molar-refractivity contribution >= 4 is 0 Å². The Morgan fingerprint density at radius 1 is 1.17 bits per heavy atom. The van der Waals surface area contributed by atoms with Gasteiger partial charge in [-0.25, -0.2) is 0 Å². The van der Waals surface area contributed by atoms with E-state index in [1.165, 1.54) is 0 Å². The fraction of sp³-hybridized carbons (Fsp3) is 0.400. The molecule has 0 radical (unpaired) electrons. The SMILES string of the molecule is Cc1cc(O)c([C@H](C)O)cc1C. The van der Waals surface area contributed by atoms with Crippen molar-refractivity contribution in [3.8, 4) is 5.75 Å². The molecule has 0 saturated carbocycles. The van der Waals surface area contributed by atoms with Gasteiger partial charge in [0.25, 0.3) is 0 Å². The van der Waals surface area contributed by atoms with Crippen LogP contribution in [-0.2, 0) is 0 Å². The van der Waals surface area contributed by atoms with Crippen LogP contribution >= 0.6 is 0 Å². The van der Waals surface area contributed by atoms with Crippen LogP contribution in [0, 0.1) is 13.8 Å². The molecule has 2 N–H and O–H groups in total. The minimum absolute atomic E-state index is 0.174. The Balaban J connectivity index is 3.23. The molecule has 0 saturated heterocycles. The molecular weight excluding hydrogens is 152 g/mol. The largest absolute Gasteiger partial charge is 0.508 e. The normalized spacial score (nSPS) is 13.0. The summed E-state index contributed by atoms with van der Waals surface area (Å²) in [5.41, 5.74) is 2.72. The smallest absolute Gasteiger partial charge is 0.121 e. The maximum Gasteiger partial charge on any atom is 0.121 e. The van der Waals surface area contributed by atoms with Gasteiger partial charge in [0.1, 0.15) is 5.75 Å². The Hall–Kier alpha value is -1.02. The van der Waals surface area contributed by atoms with Crippen LogP contribution in [-0.4, -0.2) is 10.2 Å². The summed E-state index contributed by atoms with van der Waals surface area (Å²) in [6.45, 7) is 5.53. The first-order chi connectivity index (χ1) is 5.52. The Morgan fingerprint density at radius 2 is 1.67 bits per heavy atom. The van der Waals surface area contributed by atoms with Crippen molar-refractivity contribution in [2.24, 2.45) is 0 Å². The summed E-state index contributed by atoms with van der Waals surface area (Å²) >= 11 is 0. The van der Waals surface area contributed by atoms with Gasteiger partial charge in [-0.2, -0.15) is 0 Å². The van der Waals surface area contributed by atoms with Gasteiger partial charge in [-0.05, 0) is 44.0 Å². The lowest BCUT2D eigenvalue weighted by Gasteiger charge is -2.10. The van der Waals surface area contributed by atoms with E-state index in [-0.39, 0.29) is 5.75 Å². The Bertz CT molecular complexity index is 290. The fourth-order valence-electron chi connectivity index (χ4n) is 1.16.